The van der Waals surface area contributed by atoms with Crippen LogP contribution < -0.4 is 10.6 Å². The molecule has 78 valence electrons. The van der Waals surface area contributed by atoms with E-state index in [-0.39, 0.29) is 14.7 Å². The van der Waals surface area contributed by atoms with Gasteiger partial charge < -0.3 is 10.6 Å². The van der Waals surface area contributed by atoms with Gasteiger partial charge in [0.1, 0.15) is 0 Å². The third-order valence-corrected chi connectivity index (χ3v) is 1.20. The van der Waals surface area contributed by atoms with Crippen LogP contribution in [0.4, 0.5) is 0 Å². The molecular formula is C9H26N2O. The smallest absolute Gasteiger partial charge is 0.222 e. The summed E-state index contributed by atoms with van der Waals surface area (Å²) >= 11 is 0. The molecule has 12 heavy (non-hydrogen) atoms. The van der Waals surface area contributed by atoms with Crippen LogP contribution in [0.15, 0.2) is 0 Å². The highest BCUT2D eigenvalue weighted by Gasteiger charge is 2.03. The molecular weight excluding hydrogens is 152 g/mol. The van der Waals surface area contributed by atoms with E-state index in [0.717, 1.165) is 6.54 Å². The molecule has 0 aliphatic heterocycles. The Morgan fingerprint density at radius 2 is 1.83 bits per heavy atom. The first-order valence-corrected chi connectivity index (χ1v) is 4.60. The lowest BCUT2D eigenvalue weighted by molar-refractivity contribution is -0.123. The minimum atomic E-state index is 0. The molecule has 1 amide bonds. The number of rotatable bonds is 4. The van der Waals surface area contributed by atoms with Gasteiger partial charge in [-0.3, -0.25) is 4.79 Å². The quantitative estimate of drug-likeness (QED) is 0.640. The van der Waals surface area contributed by atoms with Gasteiger partial charge in [-0.1, -0.05) is 27.7 Å². The zero-order chi connectivity index (χ0) is 9.98. The van der Waals surface area contributed by atoms with Crippen LogP contribution in [-0.4, -0.2) is 26.0 Å². The van der Waals surface area contributed by atoms with E-state index in [4.69, 9.17) is 0 Å². The molecule has 0 fully saturated rings. The second-order valence-electron chi connectivity index (χ2n) is 2.55. The molecule has 0 saturated carbocycles. The van der Waals surface area contributed by atoms with Crippen LogP contribution in [0.1, 0.15) is 30.5 Å². The van der Waals surface area contributed by atoms with Gasteiger partial charge in [0.25, 0.3) is 0 Å². The maximum Gasteiger partial charge on any atom is 0.222 e. The molecule has 3 heteroatoms. The molecule has 0 bridgehead atoms. The Balaban J connectivity index is -0.000000117. The van der Waals surface area contributed by atoms with Gasteiger partial charge >= 0.3 is 0 Å². The zero-order valence-electron chi connectivity index (χ0n) is 8.90. The molecule has 0 aliphatic rings. The van der Waals surface area contributed by atoms with Gasteiger partial charge in [0, 0.05) is 21.9 Å². The number of likely N-dealkylation sites (N-methyl/N-ethyl adjacent to an activating group) is 1. The van der Waals surface area contributed by atoms with E-state index < -0.39 is 0 Å². The summed E-state index contributed by atoms with van der Waals surface area (Å²) in [4.78, 5) is 10.9. The second kappa shape index (κ2) is 10.4. The maximum absolute atomic E-state index is 10.9. The van der Waals surface area contributed by atoms with Crippen LogP contribution in [0.2, 0.25) is 0 Å². The summed E-state index contributed by atoms with van der Waals surface area (Å²) in [5, 5.41) is 5.73. The molecule has 0 aromatic rings. The minimum absolute atomic E-state index is 0. The molecule has 0 unspecified atom stereocenters. The molecule has 0 saturated heterocycles. The number of hydrogen-bond acceptors (Lipinski definition) is 2. The molecule has 0 atom stereocenters. The van der Waals surface area contributed by atoms with E-state index in [1.165, 1.54) is 0 Å². The van der Waals surface area contributed by atoms with Gasteiger partial charge in [-0.05, 0) is 7.05 Å². The first-order chi connectivity index (χ1) is 5.68. The average molecular weight is 178 g/mol. The molecule has 0 aromatic heterocycles. The highest BCUT2D eigenvalue weighted by Crippen LogP contribution is 1.88. The van der Waals surface area contributed by atoms with Crippen molar-refractivity contribution in [1.82, 2.24) is 10.6 Å². The first-order valence-electron chi connectivity index (χ1n) is 4.60. The topological polar surface area (TPSA) is 41.1 Å². The van der Waals surface area contributed by atoms with Crippen LogP contribution in [-0.2, 0) is 4.79 Å². The third kappa shape index (κ3) is 9.43. The van der Waals surface area contributed by atoms with Crippen molar-refractivity contribution in [3.8, 4) is 0 Å². The molecule has 2 N–H and O–H groups in total. The number of hydrogen-bond donors (Lipinski definition) is 2. The van der Waals surface area contributed by atoms with Crippen molar-refractivity contribution in [2.75, 3.05) is 20.1 Å². The highest BCUT2D eigenvalue weighted by atomic mass is 16.1. The summed E-state index contributed by atoms with van der Waals surface area (Å²) in [5.74, 6) is 0.215. The molecule has 0 heterocycles. The van der Waals surface area contributed by atoms with Crippen molar-refractivity contribution >= 4 is 5.91 Å². The standard InChI is InChI=1S/C7H16N2O.C2H6.2H2/c1-6(2)7(10)9-5-4-8-3;1-2;;/h6,8H,4-5H2,1-3H3,(H,9,10);1-2H3;2*1H. The normalized spacial score (nSPS) is 8.83. The predicted molar refractivity (Wildman–Crippen MR) is 57.4 cm³/mol. The van der Waals surface area contributed by atoms with Crippen LogP contribution in [0.5, 0.6) is 0 Å². The number of nitrogens with one attached hydrogen (secondary N) is 2. The largest absolute Gasteiger partial charge is 0.355 e. The van der Waals surface area contributed by atoms with Gasteiger partial charge in [-0.2, -0.15) is 0 Å². The molecule has 0 rings (SSSR count). The van der Waals surface area contributed by atoms with Crippen molar-refractivity contribution in [1.29, 1.82) is 0 Å². The van der Waals surface area contributed by atoms with Crippen molar-refractivity contribution in [3.63, 3.8) is 0 Å². The summed E-state index contributed by atoms with van der Waals surface area (Å²) in [7, 11) is 1.86. The average Bonchev–Trinajstić information content (AvgIpc) is 2.08. The SMILES string of the molecule is CC.CNCCNC(=O)C(C)C.[HH].[HH]. The van der Waals surface area contributed by atoms with Gasteiger partial charge in [0.2, 0.25) is 5.91 Å². The Labute approximate surface area is 78.9 Å². The monoisotopic (exact) mass is 178 g/mol. The molecule has 0 spiro atoms. The van der Waals surface area contributed by atoms with Crippen LogP contribution >= 0.6 is 0 Å². The van der Waals surface area contributed by atoms with Crippen molar-refractivity contribution in [2.24, 2.45) is 5.92 Å². The molecule has 0 aliphatic carbocycles. The Bertz CT molecular complexity index is 111. The van der Waals surface area contributed by atoms with Gasteiger partial charge in [-0.25, -0.2) is 0 Å². The van der Waals surface area contributed by atoms with Crippen molar-refractivity contribution in [2.45, 2.75) is 27.7 Å². The van der Waals surface area contributed by atoms with E-state index in [1.807, 2.05) is 34.7 Å². The Kier molecular flexibility index (Phi) is 12.2. The number of carbonyl (C=O) groups is 1. The predicted octanol–water partition coefficient (Wildman–Crippen LogP) is 1.50. The van der Waals surface area contributed by atoms with Crippen molar-refractivity contribution in [3.05, 3.63) is 0 Å². The fourth-order valence-corrected chi connectivity index (χ4v) is 0.515. The lowest BCUT2D eigenvalue weighted by Gasteiger charge is -2.05. The van der Waals surface area contributed by atoms with Gasteiger partial charge in [0.05, 0.1) is 0 Å². The second-order valence-corrected chi connectivity index (χ2v) is 2.55. The Morgan fingerprint density at radius 1 is 1.33 bits per heavy atom. The fraction of sp³-hybridized carbons (Fsp3) is 0.889. The zero-order valence-corrected chi connectivity index (χ0v) is 8.90. The summed E-state index contributed by atoms with van der Waals surface area (Å²) in [6.45, 7) is 9.31. The van der Waals surface area contributed by atoms with E-state index in [0.29, 0.717) is 6.54 Å². The lowest BCUT2D eigenvalue weighted by atomic mass is 10.2. The summed E-state index contributed by atoms with van der Waals surface area (Å²) < 4.78 is 0. The first kappa shape index (κ1) is 14.0. The lowest BCUT2D eigenvalue weighted by Crippen LogP contribution is -2.33. The van der Waals surface area contributed by atoms with Crippen LogP contribution in [0, 0.1) is 5.92 Å². The van der Waals surface area contributed by atoms with Gasteiger partial charge in [0.15, 0.2) is 0 Å². The van der Waals surface area contributed by atoms with E-state index >= 15 is 0 Å². The van der Waals surface area contributed by atoms with E-state index in [1.54, 1.807) is 0 Å². The summed E-state index contributed by atoms with van der Waals surface area (Å²) in [5.41, 5.74) is 0. The molecule has 0 radical (unpaired) electrons. The van der Waals surface area contributed by atoms with Crippen LogP contribution in [0.25, 0.3) is 0 Å². The van der Waals surface area contributed by atoms with Gasteiger partial charge in [-0.15, -0.1) is 0 Å². The van der Waals surface area contributed by atoms with Crippen molar-refractivity contribution < 1.29 is 7.65 Å². The summed E-state index contributed by atoms with van der Waals surface area (Å²) in [6, 6.07) is 0. The molecule has 0 aromatic carbocycles. The third-order valence-electron chi connectivity index (χ3n) is 1.20. The maximum atomic E-state index is 10.9. The van der Waals surface area contributed by atoms with Crippen LogP contribution in [0.3, 0.4) is 0 Å². The highest BCUT2D eigenvalue weighted by molar-refractivity contribution is 5.77. The van der Waals surface area contributed by atoms with E-state index in [9.17, 15) is 4.79 Å². The number of carbonyl (C=O) groups excluding carboxylic acids is 1. The Morgan fingerprint density at radius 3 is 2.17 bits per heavy atom. The molecule has 3 nitrogen and oxygen atoms in total. The summed E-state index contributed by atoms with van der Waals surface area (Å²) in [6.07, 6.45) is 0. The Hall–Kier alpha value is -0.570. The van der Waals surface area contributed by atoms with E-state index in [2.05, 4.69) is 10.6 Å². The number of amides is 1. The fourth-order valence-electron chi connectivity index (χ4n) is 0.515. The minimum Gasteiger partial charge on any atom is -0.355 e.